The predicted octanol–water partition coefficient (Wildman–Crippen LogP) is 9.06. The molecule has 0 spiro atoms. The topological polar surface area (TPSA) is 108 Å². The molecule has 0 amide bonds. The molecular formula is C42H44ClF3N4O5. The van der Waals surface area contributed by atoms with Gasteiger partial charge in [-0.15, -0.1) is 0 Å². The highest BCUT2D eigenvalue weighted by atomic mass is 35.5. The summed E-state index contributed by atoms with van der Waals surface area (Å²) < 4.78 is 62.3. The van der Waals surface area contributed by atoms with Crippen molar-refractivity contribution in [1.82, 2.24) is 14.8 Å². The van der Waals surface area contributed by atoms with E-state index in [1.165, 1.54) is 18.3 Å². The Morgan fingerprint density at radius 1 is 0.927 bits per heavy atom. The van der Waals surface area contributed by atoms with Crippen LogP contribution in [0.1, 0.15) is 71.9 Å². The van der Waals surface area contributed by atoms with Crippen LogP contribution >= 0.6 is 11.6 Å². The van der Waals surface area contributed by atoms with Gasteiger partial charge in [0.2, 0.25) is 0 Å². The van der Waals surface area contributed by atoms with Gasteiger partial charge in [-0.2, -0.15) is 18.4 Å². The molecule has 0 radical (unpaired) electrons. The van der Waals surface area contributed by atoms with E-state index in [0.717, 1.165) is 45.3 Å². The van der Waals surface area contributed by atoms with Gasteiger partial charge >= 0.3 is 12.1 Å². The van der Waals surface area contributed by atoms with E-state index >= 15 is 0 Å². The number of hydrogen-bond donors (Lipinski definition) is 1. The lowest BCUT2D eigenvalue weighted by Crippen LogP contribution is -2.44. The number of aliphatic carboxylic acids is 1. The van der Waals surface area contributed by atoms with Crippen molar-refractivity contribution in [2.75, 3.05) is 32.8 Å². The molecule has 290 valence electrons. The molecule has 4 aromatic rings. The fourth-order valence-electron chi connectivity index (χ4n) is 7.34. The van der Waals surface area contributed by atoms with E-state index in [2.05, 4.69) is 16.0 Å². The first kappa shape index (κ1) is 39.9. The van der Waals surface area contributed by atoms with Crippen LogP contribution < -0.4 is 14.2 Å². The number of nitrogens with zero attached hydrogens (tertiary/aromatic N) is 4. The highest BCUT2D eigenvalue weighted by Gasteiger charge is 2.38. The number of pyridine rings is 1. The minimum atomic E-state index is -4.66. The quantitative estimate of drug-likeness (QED) is 0.118. The average Bonchev–Trinajstić information content (AvgIpc) is 3.70. The Balaban J connectivity index is 1.24. The highest BCUT2D eigenvalue weighted by molar-refractivity contribution is 6.32. The van der Waals surface area contributed by atoms with Crippen LogP contribution in [0, 0.1) is 18.3 Å². The van der Waals surface area contributed by atoms with Gasteiger partial charge in [-0.1, -0.05) is 48.4 Å². The molecule has 3 aromatic carbocycles. The van der Waals surface area contributed by atoms with E-state index in [4.69, 9.17) is 25.8 Å². The number of halogens is 4. The van der Waals surface area contributed by atoms with Crippen molar-refractivity contribution in [2.24, 2.45) is 0 Å². The molecule has 2 fully saturated rings. The zero-order valence-corrected chi connectivity index (χ0v) is 31.5. The van der Waals surface area contributed by atoms with Crippen LogP contribution in [0.4, 0.5) is 13.2 Å². The fourth-order valence-corrected chi connectivity index (χ4v) is 7.58. The molecule has 6 rings (SSSR count). The number of ether oxygens (including phenoxy) is 3. The maximum atomic E-state index is 14.7. The molecule has 1 aromatic heterocycles. The largest absolute Gasteiger partial charge is 0.493 e. The second-order valence-electron chi connectivity index (χ2n) is 14.0. The standard InChI is InChI=1S/C42H44ClF3N4O5/c1-28-31(9-6-10-33(28)34-11-7-13-37(40(34)42(44,45)46)53-18-8-16-49-14-4-5-15-49)27-55-39-21-38(54-26-30-19-29(22-47)23-48-24-30)32(20-35(39)43)25-50-17-3-2-12-36(50)41(51)52/h6-7,9-11,13,19-21,23-24,36H,2-5,8,12,14-18,25-27H2,1H3,(H,51,52)/t36-/m0/s1. The van der Waals surface area contributed by atoms with Crippen LogP contribution in [0.15, 0.2) is 67.0 Å². The molecule has 1 N–H and O–H groups in total. The van der Waals surface area contributed by atoms with Gasteiger partial charge in [0.15, 0.2) is 0 Å². The molecule has 2 saturated heterocycles. The minimum Gasteiger partial charge on any atom is -0.493 e. The van der Waals surface area contributed by atoms with Crippen molar-refractivity contribution >= 4 is 17.6 Å². The summed E-state index contributed by atoms with van der Waals surface area (Å²) in [5.74, 6) is -0.391. The minimum absolute atomic E-state index is 0.00638. The van der Waals surface area contributed by atoms with E-state index in [1.807, 2.05) is 4.90 Å². The lowest BCUT2D eigenvalue weighted by atomic mass is 9.92. The Bertz CT molecular complexity index is 2010. The van der Waals surface area contributed by atoms with E-state index < -0.39 is 23.8 Å². The van der Waals surface area contributed by atoms with Crippen LogP contribution in [0.3, 0.4) is 0 Å². The van der Waals surface area contributed by atoms with Gasteiger partial charge < -0.3 is 24.2 Å². The maximum Gasteiger partial charge on any atom is 0.420 e. The van der Waals surface area contributed by atoms with Crippen LogP contribution in [-0.2, 0) is 30.7 Å². The number of benzene rings is 3. The predicted molar refractivity (Wildman–Crippen MR) is 202 cm³/mol. The van der Waals surface area contributed by atoms with Crippen molar-refractivity contribution in [2.45, 2.75) is 77.4 Å². The Hall–Kier alpha value is -4.83. The first-order valence-electron chi connectivity index (χ1n) is 18.5. The molecule has 0 unspecified atom stereocenters. The molecule has 13 heteroatoms. The van der Waals surface area contributed by atoms with Crippen LogP contribution in [-0.4, -0.2) is 64.7 Å². The van der Waals surface area contributed by atoms with E-state index in [9.17, 15) is 28.3 Å². The van der Waals surface area contributed by atoms with Gasteiger partial charge in [-0.25, -0.2) is 0 Å². The van der Waals surface area contributed by atoms with Crippen molar-refractivity contribution in [3.63, 3.8) is 0 Å². The number of piperidine rings is 1. The van der Waals surface area contributed by atoms with Crippen LogP contribution in [0.2, 0.25) is 5.02 Å². The van der Waals surface area contributed by atoms with Gasteiger partial charge in [0.25, 0.3) is 0 Å². The molecule has 2 aliphatic rings. The monoisotopic (exact) mass is 776 g/mol. The number of rotatable bonds is 15. The Kier molecular flexibility index (Phi) is 13.2. The van der Waals surface area contributed by atoms with Crippen molar-refractivity contribution < 1.29 is 37.3 Å². The summed E-state index contributed by atoms with van der Waals surface area (Å²) in [6.45, 7) is 5.70. The Morgan fingerprint density at radius 3 is 2.44 bits per heavy atom. The molecule has 9 nitrogen and oxygen atoms in total. The molecule has 55 heavy (non-hydrogen) atoms. The third-order valence-electron chi connectivity index (χ3n) is 10.2. The highest BCUT2D eigenvalue weighted by Crippen LogP contribution is 2.44. The molecule has 0 bridgehead atoms. The summed E-state index contributed by atoms with van der Waals surface area (Å²) in [4.78, 5) is 20.4. The Labute approximate surface area is 324 Å². The zero-order valence-electron chi connectivity index (χ0n) is 30.7. The number of alkyl halides is 3. The third kappa shape index (κ3) is 10.1. The van der Waals surface area contributed by atoms with E-state index in [1.54, 1.807) is 55.6 Å². The van der Waals surface area contributed by atoms with Crippen molar-refractivity contribution in [3.8, 4) is 34.4 Å². The third-order valence-corrected chi connectivity index (χ3v) is 10.5. The molecular weight excluding hydrogens is 733 g/mol. The SMILES string of the molecule is Cc1c(COc2cc(OCc3cncc(C#N)c3)c(CN3CCCC[C@H]3C(=O)O)cc2Cl)cccc1-c1cccc(OCCCN2CCCC2)c1C(F)(F)F. The molecule has 3 heterocycles. The number of carbonyl (C=O) groups is 1. The maximum absolute atomic E-state index is 14.7. The number of nitriles is 1. The summed E-state index contributed by atoms with van der Waals surface area (Å²) in [6.07, 6.45) is 3.53. The van der Waals surface area contributed by atoms with Gasteiger partial charge in [-0.3, -0.25) is 14.7 Å². The smallest absolute Gasteiger partial charge is 0.420 e. The van der Waals surface area contributed by atoms with Crippen molar-refractivity contribution in [3.05, 3.63) is 105 Å². The summed E-state index contributed by atoms with van der Waals surface area (Å²) >= 11 is 6.78. The lowest BCUT2D eigenvalue weighted by molar-refractivity contribution is -0.145. The average molecular weight is 777 g/mol. The van der Waals surface area contributed by atoms with E-state index in [0.29, 0.717) is 58.5 Å². The second kappa shape index (κ2) is 18.2. The van der Waals surface area contributed by atoms with Crippen LogP contribution in [0.25, 0.3) is 11.1 Å². The molecule has 0 aliphatic carbocycles. The summed E-state index contributed by atoms with van der Waals surface area (Å²) in [5, 5.41) is 19.5. The van der Waals surface area contributed by atoms with Crippen LogP contribution in [0.5, 0.6) is 17.2 Å². The first-order chi connectivity index (χ1) is 26.5. The lowest BCUT2D eigenvalue weighted by Gasteiger charge is -2.33. The normalized spacial score (nSPS) is 16.5. The number of likely N-dealkylation sites (tertiary alicyclic amines) is 2. The van der Waals surface area contributed by atoms with Crippen molar-refractivity contribution in [1.29, 1.82) is 5.26 Å². The summed E-state index contributed by atoms with van der Waals surface area (Å²) in [5.41, 5.74) is 2.58. The molecule has 1 atom stereocenters. The molecule has 2 aliphatic heterocycles. The second-order valence-corrected chi connectivity index (χ2v) is 14.4. The van der Waals surface area contributed by atoms with Gasteiger partial charge in [0.05, 0.1) is 17.2 Å². The summed E-state index contributed by atoms with van der Waals surface area (Å²) in [6, 6.07) is 16.0. The van der Waals surface area contributed by atoms with E-state index in [-0.39, 0.29) is 48.5 Å². The fraction of sp³-hybridized carbons (Fsp3) is 0.405. The van der Waals surface area contributed by atoms with Gasteiger partial charge in [0.1, 0.15) is 48.1 Å². The van der Waals surface area contributed by atoms with Gasteiger partial charge in [-0.05, 0) is 99.1 Å². The number of carboxylic acid groups (broad SMARTS) is 1. The number of carboxylic acids is 1. The first-order valence-corrected chi connectivity index (χ1v) is 18.9. The number of hydrogen-bond acceptors (Lipinski definition) is 8. The van der Waals surface area contributed by atoms with Gasteiger partial charge in [0, 0.05) is 42.7 Å². The molecule has 0 saturated carbocycles. The Morgan fingerprint density at radius 2 is 1.67 bits per heavy atom. The zero-order chi connectivity index (χ0) is 39.0. The number of aromatic nitrogens is 1. The summed E-state index contributed by atoms with van der Waals surface area (Å²) in [7, 11) is 0.